The zero-order valence-corrected chi connectivity index (χ0v) is 31.2. The second-order valence-corrected chi connectivity index (χ2v) is 14.2. The Bertz CT molecular complexity index is 2020. The maximum Gasteiger partial charge on any atom is 0.222 e. The van der Waals surface area contributed by atoms with Gasteiger partial charge in [-0.2, -0.15) is 0 Å². The van der Waals surface area contributed by atoms with E-state index in [0.717, 1.165) is 52.9 Å². The van der Waals surface area contributed by atoms with E-state index < -0.39 is 0 Å². The van der Waals surface area contributed by atoms with Crippen LogP contribution >= 0.6 is 23.2 Å². The number of halogens is 2. The number of nitrogens with zero attached hydrogens (tertiary/aromatic N) is 4. The summed E-state index contributed by atoms with van der Waals surface area (Å²) in [6.45, 7) is 8.39. The van der Waals surface area contributed by atoms with Crippen molar-refractivity contribution in [2.24, 2.45) is 0 Å². The first-order valence-corrected chi connectivity index (χ1v) is 18.3. The van der Waals surface area contributed by atoms with Crippen molar-refractivity contribution in [1.82, 2.24) is 30.4 Å². The molecule has 4 aromatic rings. The van der Waals surface area contributed by atoms with Crippen LogP contribution in [0.4, 0.5) is 0 Å². The van der Waals surface area contributed by atoms with Gasteiger partial charge in [-0.1, -0.05) is 59.6 Å². The van der Waals surface area contributed by atoms with Crippen LogP contribution < -0.4 is 24.8 Å². The highest BCUT2D eigenvalue weighted by Crippen LogP contribution is 2.45. The molecule has 13 heteroatoms. The van der Waals surface area contributed by atoms with Crippen molar-refractivity contribution in [2.45, 2.75) is 45.3 Å². The van der Waals surface area contributed by atoms with Crippen LogP contribution in [0, 0.1) is 6.92 Å². The molecule has 52 heavy (non-hydrogen) atoms. The number of piperazine rings is 1. The largest absolute Gasteiger partial charge is 0.491 e. The van der Waals surface area contributed by atoms with Crippen LogP contribution in [-0.4, -0.2) is 91.2 Å². The van der Waals surface area contributed by atoms with Gasteiger partial charge in [0, 0.05) is 92.5 Å². The molecule has 0 radical (unpaired) electrons. The third-order valence-electron chi connectivity index (χ3n) is 10.2. The van der Waals surface area contributed by atoms with Crippen LogP contribution in [0.25, 0.3) is 33.6 Å². The Hall–Kier alpha value is -4.42. The fraction of sp³-hybridized carbons (Fsp3) is 0.385. The monoisotopic (exact) mass is 744 g/mol. The van der Waals surface area contributed by atoms with Crippen LogP contribution in [0.1, 0.15) is 42.5 Å². The quantitative estimate of drug-likeness (QED) is 0.199. The molecule has 0 aliphatic carbocycles. The molecule has 0 saturated carbocycles. The number of carbonyl (C=O) groups is 2. The molecule has 0 bridgehead atoms. The van der Waals surface area contributed by atoms with Gasteiger partial charge in [-0.3, -0.25) is 14.5 Å². The molecule has 5 heterocycles. The van der Waals surface area contributed by atoms with Gasteiger partial charge in [0.1, 0.15) is 12.4 Å². The zero-order valence-electron chi connectivity index (χ0n) is 29.7. The van der Waals surface area contributed by atoms with E-state index in [4.69, 9.17) is 47.4 Å². The molecule has 1 unspecified atom stereocenters. The van der Waals surface area contributed by atoms with Crippen molar-refractivity contribution in [1.29, 1.82) is 0 Å². The number of nitrogens with one attached hydrogen (secondary N) is 2. The summed E-state index contributed by atoms with van der Waals surface area (Å²) in [5.74, 6) is 1.87. The van der Waals surface area contributed by atoms with Crippen molar-refractivity contribution >= 4 is 35.0 Å². The molecule has 2 aromatic carbocycles. The van der Waals surface area contributed by atoms with Crippen LogP contribution in [0.2, 0.25) is 10.0 Å². The van der Waals surface area contributed by atoms with Crippen molar-refractivity contribution in [3.8, 4) is 51.2 Å². The second kappa shape index (κ2) is 15.3. The number of hydrogen-bond donors (Lipinski definition) is 2. The van der Waals surface area contributed by atoms with Gasteiger partial charge in [0.25, 0.3) is 0 Å². The van der Waals surface area contributed by atoms with E-state index in [-0.39, 0.29) is 23.9 Å². The number of benzene rings is 2. The number of amides is 2. The van der Waals surface area contributed by atoms with Crippen LogP contribution in [0.15, 0.2) is 48.5 Å². The van der Waals surface area contributed by atoms with Crippen LogP contribution in [-0.2, 0) is 16.1 Å². The van der Waals surface area contributed by atoms with Crippen LogP contribution in [0.5, 0.6) is 17.5 Å². The standard InChI is InChI=1S/C39H42Cl2N6O5/c1-22-17-30(44-38(50-3)29(22)20-46-13-15-47(16-14-46)23(2)48)27-9-5-7-25(36(27)40)26-8-6-10-28(37(26)41)31-18-33-35(39(45-31)51-4)32(21-52-33)42-19-24-11-12-34(49)43-24/h5-10,17-18,24,32,42H,11-16,19-21H2,1-4H3,(H,43,49)/t24-,32?/m0/s1. The van der Waals surface area contributed by atoms with E-state index in [0.29, 0.717) is 83.7 Å². The number of carbonyl (C=O) groups excluding carboxylic acids is 2. The number of aryl methyl sites for hydroxylation is 1. The highest BCUT2D eigenvalue weighted by Gasteiger charge is 2.32. The topological polar surface area (TPSA) is 118 Å². The number of pyridine rings is 2. The number of rotatable bonds is 10. The second-order valence-electron chi connectivity index (χ2n) is 13.4. The predicted molar refractivity (Wildman–Crippen MR) is 201 cm³/mol. The third-order valence-corrected chi connectivity index (χ3v) is 11.0. The SMILES string of the molecule is COc1nc(-c2cccc(-c3cccc(-c4cc5c(c(OC)n4)C(NC[C@@H]4CCC(=O)N4)CO5)c3Cl)c2Cl)cc(C)c1CN1CCN(C(C)=O)CC1. The van der Waals surface area contributed by atoms with Gasteiger partial charge in [-0.25, -0.2) is 9.97 Å². The summed E-state index contributed by atoms with van der Waals surface area (Å²) in [6, 6.07) is 15.5. The zero-order chi connectivity index (χ0) is 36.5. The smallest absolute Gasteiger partial charge is 0.222 e. The molecule has 2 fully saturated rings. The van der Waals surface area contributed by atoms with Crippen LogP contribution in [0.3, 0.4) is 0 Å². The molecule has 2 N–H and O–H groups in total. The van der Waals surface area contributed by atoms with E-state index >= 15 is 0 Å². The molecule has 2 amide bonds. The van der Waals surface area contributed by atoms with Crippen molar-refractivity contribution in [2.75, 3.05) is 53.6 Å². The van der Waals surface area contributed by atoms with Gasteiger partial charge in [0.05, 0.1) is 47.3 Å². The number of hydrogen-bond acceptors (Lipinski definition) is 9. The molecule has 2 saturated heterocycles. The van der Waals surface area contributed by atoms with Crippen molar-refractivity contribution in [3.05, 3.63) is 75.3 Å². The van der Waals surface area contributed by atoms with Gasteiger partial charge in [0.2, 0.25) is 23.6 Å². The Morgan fingerprint density at radius 1 is 0.942 bits per heavy atom. The molecule has 11 nitrogen and oxygen atoms in total. The molecule has 0 spiro atoms. The first-order valence-electron chi connectivity index (χ1n) is 17.5. The summed E-state index contributed by atoms with van der Waals surface area (Å²) in [6.07, 6.45) is 1.36. The first-order chi connectivity index (χ1) is 25.1. The highest BCUT2D eigenvalue weighted by atomic mass is 35.5. The third kappa shape index (κ3) is 7.15. The van der Waals surface area contributed by atoms with Gasteiger partial charge in [0.15, 0.2) is 0 Å². The number of aromatic nitrogens is 2. The summed E-state index contributed by atoms with van der Waals surface area (Å²) in [7, 11) is 3.23. The number of ether oxygens (including phenoxy) is 3. The maximum atomic E-state index is 11.8. The Labute approximate surface area is 313 Å². The minimum atomic E-state index is -0.124. The molecule has 2 aromatic heterocycles. The molecule has 3 aliphatic heterocycles. The lowest BCUT2D eigenvalue weighted by molar-refractivity contribution is -0.130. The molecule has 272 valence electrons. The average molecular weight is 746 g/mol. The van der Waals surface area contributed by atoms with Crippen molar-refractivity contribution < 1.29 is 23.8 Å². The summed E-state index contributed by atoms with van der Waals surface area (Å²) in [5.41, 5.74) is 7.16. The minimum Gasteiger partial charge on any atom is -0.491 e. The van der Waals surface area contributed by atoms with E-state index in [1.165, 1.54) is 0 Å². The normalized spacial score (nSPS) is 18.6. The Kier molecular flexibility index (Phi) is 10.6. The lowest BCUT2D eigenvalue weighted by Gasteiger charge is -2.34. The summed E-state index contributed by atoms with van der Waals surface area (Å²) in [4.78, 5) is 37.4. The Morgan fingerprint density at radius 2 is 1.56 bits per heavy atom. The minimum absolute atomic E-state index is 0.0841. The molecule has 2 atom stereocenters. The van der Waals surface area contributed by atoms with Gasteiger partial charge in [-0.15, -0.1) is 0 Å². The van der Waals surface area contributed by atoms with E-state index in [1.807, 2.05) is 53.4 Å². The van der Waals surface area contributed by atoms with Gasteiger partial charge < -0.3 is 29.7 Å². The number of methoxy groups -OCH3 is 2. The fourth-order valence-electron chi connectivity index (χ4n) is 7.26. The van der Waals surface area contributed by atoms with Gasteiger partial charge in [-0.05, 0) is 25.0 Å². The lowest BCUT2D eigenvalue weighted by atomic mass is 9.97. The van der Waals surface area contributed by atoms with E-state index in [9.17, 15) is 9.59 Å². The predicted octanol–water partition coefficient (Wildman–Crippen LogP) is 6.08. The lowest BCUT2D eigenvalue weighted by Crippen LogP contribution is -2.47. The molecular formula is C39H42Cl2N6O5. The fourth-order valence-corrected chi connectivity index (χ4v) is 7.91. The average Bonchev–Trinajstić information content (AvgIpc) is 3.77. The summed E-state index contributed by atoms with van der Waals surface area (Å²) in [5, 5.41) is 7.51. The summed E-state index contributed by atoms with van der Waals surface area (Å²) >= 11 is 14.4. The molecular weight excluding hydrogens is 703 g/mol. The maximum absolute atomic E-state index is 11.8. The highest BCUT2D eigenvalue weighted by molar-refractivity contribution is 6.39. The first kappa shape index (κ1) is 36.0. The van der Waals surface area contributed by atoms with Gasteiger partial charge >= 0.3 is 0 Å². The van der Waals surface area contributed by atoms with E-state index in [2.05, 4.69) is 22.5 Å². The Morgan fingerprint density at radius 3 is 2.15 bits per heavy atom. The number of fused-ring (bicyclic) bond motifs is 1. The summed E-state index contributed by atoms with van der Waals surface area (Å²) < 4.78 is 17.7. The molecule has 3 aliphatic rings. The Balaban J connectivity index is 1.15. The van der Waals surface area contributed by atoms with E-state index in [1.54, 1.807) is 21.1 Å². The van der Waals surface area contributed by atoms with Crippen molar-refractivity contribution in [3.63, 3.8) is 0 Å². The molecule has 7 rings (SSSR count).